The van der Waals surface area contributed by atoms with Crippen molar-refractivity contribution in [3.63, 3.8) is 0 Å². The lowest BCUT2D eigenvalue weighted by Gasteiger charge is -2.15. The van der Waals surface area contributed by atoms with Crippen LogP contribution >= 0.6 is 11.8 Å². The SMILES string of the molecule is CCOC(=O)Nc1c(N)ccc(C)c1SCc1ccc(F)cc1. The fourth-order valence-electron chi connectivity index (χ4n) is 2.02. The molecule has 0 aliphatic rings. The Morgan fingerprint density at radius 1 is 1.26 bits per heavy atom. The maximum absolute atomic E-state index is 13.0. The zero-order valence-corrected chi connectivity index (χ0v) is 13.9. The van der Waals surface area contributed by atoms with Crippen LogP contribution in [-0.4, -0.2) is 12.7 Å². The van der Waals surface area contributed by atoms with E-state index in [2.05, 4.69) is 5.32 Å². The van der Waals surface area contributed by atoms with Crippen LogP contribution in [0.2, 0.25) is 0 Å². The molecular weight excluding hydrogens is 315 g/mol. The molecule has 1 amide bonds. The molecule has 0 bridgehead atoms. The molecule has 0 aliphatic heterocycles. The third kappa shape index (κ3) is 4.63. The number of benzene rings is 2. The molecule has 0 spiro atoms. The minimum Gasteiger partial charge on any atom is -0.450 e. The first-order chi connectivity index (χ1) is 11.0. The van der Waals surface area contributed by atoms with Gasteiger partial charge in [0.15, 0.2) is 0 Å². The molecule has 2 aromatic rings. The lowest BCUT2D eigenvalue weighted by Crippen LogP contribution is -2.15. The number of thioether (sulfide) groups is 1. The highest BCUT2D eigenvalue weighted by atomic mass is 32.2. The van der Waals surface area contributed by atoms with Gasteiger partial charge in [-0.25, -0.2) is 9.18 Å². The molecule has 0 heterocycles. The summed E-state index contributed by atoms with van der Waals surface area (Å²) in [6.45, 7) is 3.97. The smallest absolute Gasteiger partial charge is 0.411 e. The number of aryl methyl sites for hydroxylation is 1. The molecule has 23 heavy (non-hydrogen) atoms. The Bertz CT molecular complexity index is 690. The second kappa shape index (κ2) is 7.87. The number of carbonyl (C=O) groups is 1. The predicted molar refractivity (Wildman–Crippen MR) is 92.2 cm³/mol. The van der Waals surface area contributed by atoms with Gasteiger partial charge >= 0.3 is 6.09 Å². The lowest BCUT2D eigenvalue weighted by atomic mass is 10.2. The second-order valence-electron chi connectivity index (χ2n) is 4.94. The molecule has 0 atom stereocenters. The van der Waals surface area contributed by atoms with Crippen LogP contribution in [0.15, 0.2) is 41.3 Å². The Hall–Kier alpha value is -2.21. The fourth-order valence-corrected chi connectivity index (χ4v) is 3.13. The van der Waals surface area contributed by atoms with Gasteiger partial charge in [0.25, 0.3) is 0 Å². The predicted octanol–water partition coefficient (Wildman–Crippen LogP) is 4.58. The van der Waals surface area contributed by atoms with Crippen molar-refractivity contribution in [3.8, 4) is 0 Å². The maximum atomic E-state index is 13.0. The Kier molecular flexibility index (Phi) is 5.87. The fraction of sp³-hybridized carbons (Fsp3) is 0.235. The monoisotopic (exact) mass is 334 g/mol. The highest BCUT2D eigenvalue weighted by Crippen LogP contribution is 2.37. The zero-order chi connectivity index (χ0) is 16.8. The first-order valence-corrected chi connectivity index (χ1v) is 8.20. The van der Waals surface area contributed by atoms with Crippen LogP contribution in [0.1, 0.15) is 18.1 Å². The lowest BCUT2D eigenvalue weighted by molar-refractivity contribution is 0.168. The van der Waals surface area contributed by atoms with Crippen molar-refractivity contribution in [2.45, 2.75) is 24.5 Å². The average molecular weight is 334 g/mol. The van der Waals surface area contributed by atoms with Crippen molar-refractivity contribution >= 4 is 29.2 Å². The van der Waals surface area contributed by atoms with Crippen molar-refractivity contribution in [2.75, 3.05) is 17.7 Å². The third-order valence-corrected chi connectivity index (χ3v) is 4.48. The van der Waals surface area contributed by atoms with Crippen molar-refractivity contribution in [2.24, 2.45) is 0 Å². The van der Waals surface area contributed by atoms with Crippen LogP contribution in [-0.2, 0) is 10.5 Å². The quantitative estimate of drug-likeness (QED) is 0.621. The molecule has 0 aromatic heterocycles. The zero-order valence-electron chi connectivity index (χ0n) is 13.1. The number of nitrogen functional groups attached to an aromatic ring is 1. The summed E-state index contributed by atoms with van der Waals surface area (Å²) in [7, 11) is 0. The summed E-state index contributed by atoms with van der Waals surface area (Å²) < 4.78 is 17.9. The first kappa shape index (κ1) is 17.1. The summed E-state index contributed by atoms with van der Waals surface area (Å²) in [5.41, 5.74) is 9.00. The summed E-state index contributed by atoms with van der Waals surface area (Å²) >= 11 is 1.53. The average Bonchev–Trinajstić information content (AvgIpc) is 2.52. The molecule has 3 N–H and O–H groups in total. The minimum atomic E-state index is -0.534. The van der Waals surface area contributed by atoms with Crippen LogP contribution in [0.5, 0.6) is 0 Å². The Morgan fingerprint density at radius 2 is 1.96 bits per heavy atom. The van der Waals surface area contributed by atoms with Crippen LogP contribution < -0.4 is 11.1 Å². The Labute approximate surface area is 139 Å². The van der Waals surface area contributed by atoms with E-state index in [1.54, 1.807) is 25.1 Å². The topological polar surface area (TPSA) is 64.3 Å². The standard InChI is InChI=1S/C17H19FN2O2S/c1-3-22-17(21)20-15-14(19)9-4-11(2)16(15)23-10-12-5-7-13(18)8-6-12/h4-9H,3,10,19H2,1-2H3,(H,20,21). The molecule has 0 fully saturated rings. The van der Waals surface area contributed by atoms with E-state index in [1.165, 1.54) is 23.9 Å². The number of anilines is 2. The molecule has 0 saturated heterocycles. The number of halogens is 1. The molecule has 0 aliphatic carbocycles. The summed E-state index contributed by atoms with van der Waals surface area (Å²) in [5, 5.41) is 2.70. The van der Waals surface area contributed by atoms with Gasteiger partial charge in [0.05, 0.1) is 18.0 Å². The summed E-state index contributed by atoms with van der Waals surface area (Å²) in [5.74, 6) is 0.380. The number of ether oxygens (including phenoxy) is 1. The number of rotatable bonds is 5. The van der Waals surface area contributed by atoms with Gasteiger partial charge in [-0.3, -0.25) is 5.32 Å². The van der Waals surface area contributed by atoms with Crippen LogP contribution in [0.3, 0.4) is 0 Å². The van der Waals surface area contributed by atoms with E-state index in [-0.39, 0.29) is 12.4 Å². The van der Waals surface area contributed by atoms with Gasteiger partial charge in [0, 0.05) is 10.6 Å². The second-order valence-corrected chi connectivity index (χ2v) is 5.92. The Morgan fingerprint density at radius 3 is 2.61 bits per heavy atom. The summed E-state index contributed by atoms with van der Waals surface area (Å²) in [6.07, 6.45) is -0.534. The normalized spacial score (nSPS) is 10.4. The van der Waals surface area contributed by atoms with E-state index in [9.17, 15) is 9.18 Å². The molecule has 0 saturated carbocycles. The molecular formula is C17H19FN2O2S. The molecule has 2 aromatic carbocycles. The number of nitrogens with one attached hydrogen (secondary N) is 1. The van der Waals surface area contributed by atoms with E-state index < -0.39 is 6.09 Å². The number of nitrogens with two attached hydrogens (primary N) is 1. The summed E-state index contributed by atoms with van der Waals surface area (Å²) in [4.78, 5) is 12.6. The summed E-state index contributed by atoms with van der Waals surface area (Å²) in [6, 6.07) is 9.99. The number of carbonyl (C=O) groups excluding carboxylic acids is 1. The highest BCUT2D eigenvalue weighted by Gasteiger charge is 2.14. The van der Waals surface area contributed by atoms with E-state index >= 15 is 0 Å². The van der Waals surface area contributed by atoms with Crippen molar-refractivity contribution in [1.82, 2.24) is 0 Å². The third-order valence-electron chi connectivity index (χ3n) is 3.19. The van der Waals surface area contributed by atoms with Gasteiger partial charge < -0.3 is 10.5 Å². The van der Waals surface area contributed by atoms with Gasteiger partial charge in [0.2, 0.25) is 0 Å². The first-order valence-electron chi connectivity index (χ1n) is 7.21. The van der Waals surface area contributed by atoms with Crippen molar-refractivity contribution in [3.05, 3.63) is 53.3 Å². The van der Waals surface area contributed by atoms with Gasteiger partial charge in [-0.1, -0.05) is 18.2 Å². The van der Waals surface area contributed by atoms with Crippen LogP contribution in [0, 0.1) is 12.7 Å². The van der Waals surface area contributed by atoms with Crippen molar-refractivity contribution in [1.29, 1.82) is 0 Å². The molecule has 4 nitrogen and oxygen atoms in total. The molecule has 0 radical (unpaired) electrons. The van der Waals surface area contributed by atoms with Gasteiger partial charge in [0.1, 0.15) is 5.82 Å². The Balaban J connectivity index is 2.20. The van der Waals surface area contributed by atoms with Gasteiger partial charge in [-0.15, -0.1) is 11.8 Å². The molecule has 122 valence electrons. The van der Waals surface area contributed by atoms with Gasteiger partial charge in [-0.2, -0.15) is 0 Å². The minimum absolute atomic E-state index is 0.261. The highest BCUT2D eigenvalue weighted by molar-refractivity contribution is 7.98. The van der Waals surface area contributed by atoms with Crippen molar-refractivity contribution < 1.29 is 13.9 Å². The maximum Gasteiger partial charge on any atom is 0.411 e. The van der Waals surface area contributed by atoms with Crippen LogP contribution in [0.25, 0.3) is 0 Å². The van der Waals surface area contributed by atoms with Gasteiger partial charge in [-0.05, 0) is 43.2 Å². The number of amides is 1. The van der Waals surface area contributed by atoms with E-state index in [1.807, 2.05) is 13.0 Å². The van der Waals surface area contributed by atoms with E-state index in [0.717, 1.165) is 16.0 Å². The largest absolute Gasteiger partial charge is 0.450 e. The number of hydrogen-bond acceptors (Lipinski definition) is 4. The van der Waals surface area contributed by atoms with E-state index in [4.69, 9.17) is 10.5 Å². The van der Waals surface area contributed by atoms with Crippen LogP contribution in [0.4, 0.5) is 20.6 Å². The number of hydrogen-bond donors (Lipinski definition) is 2. The molecule has 2 rings (SSSR count). The molecule has 6 heteroatoms. The molecule has 0 unspecified atom stereocenters. The van der Waals surface area contributed by atoms with E-state index in [0.29, 0.717) is 17.1 Å².